The summed E-state index contributed by atoms with van der Waals surface area (Å²) in [7, 11) is 0. The minimum Gasteiger partial charge on any atom is -0.366 e. The fourth-order valence-corrected chi connectivity index (χ4v) is 4.21. The van der Waals surface area contributed by atoms with E-state index in [0.29, 0.717) is 28.9 Å². The van der Waals surface area contributed by atoms with Crippen LogP contribution >= 0.6 is 0 Å². The highest BCUT2D eigenvalue weighted by Crippen LogP contribution is 2.33. The van der Waals surface area contributed by atoms with E-state index in [2.05, 4.69) is 35.3 Å². The lowest BCUT2D eigenvalue weighted by Gasteiger charge is -2.14. The highest BCUT2D eigenvalue weighted by molar-refractivity contribution is 5.97. The van der Waals surface area contributed by atoms with Crippen molar-refractivity contribution in [2.24, 2.45) is 5.73 Å². The number of nitrogens with zero attached hydrogens (tertiary/aromatic N) is 3. The number of benzene rings is 2. The molecule has 0 fully saturated rings. The third-order valence-corrected chi connectivity index (χ3v) is 6.04. The molecule has 2 heterocycles. The second kappa shape index (κ2) is 9.85. The van der Waals surface area contributed by atoms with Crippen LogP contribution in [0.3, 0.4) is 0 Å². The van der Waals surface area contributed by atoms with Crippen molar-refractivity contribution in [2.45, 2.75) is 25.4 Å². The van der Waals surface area contributed by atoms with Crippen LogP contribution in [0.1, 0.15) is 60.5 Å². The van der Waals surface area contributed by atoms with Crippen molar-refractivity contribution >= 4 is 17.7 Å². The lowest BCUT2D eigenvalue weighted by molar-refractivity contribution is 0.0930. The molecule has 2 aromatic heterocycles. The fourth-order valence-electron chi connectivity index (χ4n) is 4.21. The molecule has 5 rings (SSSR count). The van der Waals surface area contributed by atoms with Crippen LogP contribution in [0.2, 0.25) is 0 Å². The molecule has 12 heteroatoms. The smallest absolute Gasteiger partial charge is 0.366 e. The Balaban J connectivity index is 1.24. The number of rotatable bonds is 7. The predicted molar refractivity (Wildman–Crippen MR) is 129 cm³/mol. The summed E-state index contributed by atoms with van der Waals surface area (Å²) in [6.07, 6.45) is 2.57. The zero-order valence-corrected chi connectivity index (χ0v) is 19.4. The summed E-state index contributed by atoms with van der Waals surface area (Å²) in [6, 6.07) is 13.3. The number of aryl methyl sites for hydroxylation is 1. The maximum atomic E-state index is 12.9. The SMILES string of the molecule is NC(=O)c1cccc(CNC(=O)c2cc(C(=O)N[C@H]3CCc4cc(-c5noc(=O)[nH]5)ccc43)ncn2)c1. The third kappa shape index (κ3) is 5.12. The van der Waals surface area contributed by atoms with Crippen LogP contribution < -0.4 is 22.1 Å². The average molecular weight is 499 g/mol. The van der Waals surface area contributed by atoms with E-state index in [9.17, 15) is 19.2 Å². The fraction of sp³-hybridized carbons (Fsp3) is 0.160. The number of hydrogen-bond donors (Lipinski definition) is 4. The van der Waals surface area contributed by atoms with Crippen molar-refractivity contribution in [3.05, 3.63) is 99.1 Å². The lowest BCUT2D eigenvalue weighted by Crippen LogP contribution is -2.29. The second-order valence-electron chi connectivity index (χ2n) is 8.46. The second-order valence-corrected chi connectivity index (χ2v) is 8.46. The summed E-state index contributed by atoms with van der Waals surface area (Å²) in [4.78, 5) is 58.6. The van der Waals surface area contributed by atoms with E-state index in [0.717, 1.165) is 23.9 Å². The van der Waals surface area contributed by atoms with Crippen LogP contribution in [0.4, 0.5) is 0 Å². The predicted octanol–water partition coefficient (Wildman–Crippen LogP) is 1.27. The van der Waals surface area contributed by atoms with Gasteiger partial charge in [0, 0.05) is 23.7 Å². The first kappa shape index (κ1) is 23.6. The van der Waals surface area contributed by atoms with Crippen molar-refractivity contribution in [1.29, 1.82) is 0 Å². The summed E-state index contributed by atoms with van der Waals surface area (Å²) in [5, 5.41) is 9.37. The number of fused-ring (bicyclic) bond motifs is 1. The molecule has 0 unspecified atom stereocenters. The van der Waals surface area contributed by atoms with Crippen LogP contribution in [-0.4, -0.2) is 37.8 Å². The summed E-state index contributed by atoms with van der Waals surface area (Å²) in [5.74, 6) is -1.78. The first-order valence-electron chi connectivity index (χ1n) is 11.4. The molecular weight excluding hydrogens is 478 g/mol. The van der Waals surface area contributed by atoms with Crippen molar-refractivity contribution in [3.63, 3.8) is 0 Å². The molecule has 0 bridgehead atoms. The molecule has 3 amide bonds. The Labute approximate surface area is 209 Å². The Bertz CT molecular complexity index is 1580. The standard InChI is InChI=1S/C25H21N7O5/c26-21(33)15-3-1-2-13(8-15)11-27-23(34)19-10-20(29-12-28-19)24(35)30-18-7-5-14-9-16(4-6-17(14)18)22-31-25(36)37-32-22/h1-4,6,8-10,12,18H,5,7,11H2,(H2,26,33)(H,27,34)(H,30,35)(H,31,32,36)/t18-/m0/s1. The minimum absolute atomic E-state index is 0.0317. The van der Waals surface area contributed by atoms with Gasteiger partial charge in [0.05, 0.1) is 6.04 Å². The molecule has 1 aliphatic rings. The Hall–Kier alpha value is -5.13. The number of nitrogens with one attached hydrogen (secondary N) is 3. The normalized spacial score (nSPS) is 14.1. The van der Waals surface area contributed by atoms with E-state index in [1.54, 1.807) is 30.3 Å². The molecule has 0 radical (unpaired) electrons. The van der Waals surface area contributed by atoms with E-state index < -0.39 is 23.5 Å². The van der Waals surface area contributed by atoms with Crippen LogP contribution in [0.5, 0.6) is 0 Å². The van der Waals surface area contributed by atoms with E-state index in [1.807, 2.05) is 12.1 Å². The first-order chi connectivity index (χ1) is 17.9. The summed E-state index contributed by atoms with van der Waals surface area (Å²) >= 11 is 0. The number of primary amides is 1. The zero-order chi connectivity index (χ0) is 25.9. The Morgan fingerprint density at radius 3 is 2.62 bits per heavy atom. The quantitative estimate of drug-likeness (QED) is 0.293. The summed E-state index contributed by atoms with van der Waals surface area (Å²) in [6.45, 7) is 0.147. The van der Waals surface area contributed by atoms with Gasteiger partial charge in [0.15, 0.2) is 5.82 Å². The molecule has 12 nitrogen and oxygen atoms in total. The number of aromatic nitrogens is 4. The number of nitrogens with two attached hydrogens (primary N) is 1. The molecule has 0 spiro atoms. The summed E-state index contributed by atoms with van der Waals surface area (Å²) < 4.78 is 4.56. The summed E-state index contributed by atoms with van der Waals surface area (Å²) in [5.41, 5.74) is 9.10. The van der Waals surface area contributed by atoms with Gasteiger partial charge in [-0.15, -0.1) is 0 Å². The molecule has 2 aromatic carbocycles. The highest BCUT2D eigenvalue weighted by Gasteiger charge is 2.26. The average Bonchev–Trinajstić information content (AvgIpc) is 3.53. The molecule has 5 N–H and O–H groups in total. The largest absolute Gasteiger partial charge is 0.439 e. The van der Waals surface area contributed by atoms with Gasteiger partial charge < -0.3 is 16.4 Å². The van der Waals surface area contributed by atoms with Crippen molar-refractivity contribution in [3.8, 4) is 11.4 Å². The molecule has 1 atom stereocenters. The van der Waals surface area contributed by atoms with Gasteiger partial charge in [0.25, 0.3) is 11.8 Å². The van der Waals surface area contributed by atoms with Crippen LogP contribution in [0.25, 0.3) is 11.4 Å². The van der Waals surface area contributed by atoms with E-state index in [1.165, 1.54) is 6.07 Å². The molecule has 37 heavy (non-hydrogen) atoms. The van der Waals surface area contributed by atoms with Gasteiger partial charge in [-0.2, -0.15) is 0 Å². The number of carbonyl (C=O) groups is 3. The number of amides is 3. The van der Waals surface area contributed by atoms with Gasteiger partial charge in [0.1, 0.15) is 17.7 Å². The zero-order valence-electron chi connectivity index (χ0n) is 19.4. The van der Waals surface area contributed by atoms with E-state index >= 15 is 0 Å². The number of hydrogen-bond acceptors (Lipinski definition) is 8. The monoisotopic (exact) mass is 499 g/mol. The maximum Gasteiger partial charge on any atom is 0.439 e. The highest BCUT2D eigenvalue weighted by atomic mass is 16.5. The van der Waals surface area contributed by atoms with Crippen LogP contribution in [0, 0.1) is 0 Å². The van der Waals surface area contributed by atoms with Crippen LogP contribution in [0.15, 0.2) is 64.2 Å². The molecule has 0 saturated carbocycles. The maximum absolute atomic E-state index is 12.9. The lowest BCUT2D eigenvalue weighted by atomic mass is 10.0. The number of carbonyl (C=O) groups excluding carboxylic acids is 3. The molecule has 4 aromatic rings. The van der Waals surface area contributed by atoms with Gasteiger partial charge in [-0.25, -0.2) is 14.8 Å². The first-order valence-corrected chi connectivity index (χ1v) is 11.4. The Kier molecular flexibility index (Phi) is 6.29. The third-order valence-electron chi connectivity index (χ3n) is 6.04. The van der Waals surface area contributed by atoms with E-state index in [4.69, 9.17) is 5.73 Å². The molecule has 0 saturated heterocycles. The van der Waals surface area contributed by atoms with Gasteiger partial charge in [0.2, 0.25) is 5.91 Å². The van der Waals surface area contributed by atoms with Gasteiger partial charge in [-0.1, -0.05) is 29.4 Å². The van der Waals surface area contributed by atoms with E-state index in [-0.39, 0.29) is 24.0 Å². The Morgan fingerprint density at radius 1 is 1.05 bits per heavy atom. The van der Waals surface area contributed by atoms with Crippen molar-refractivity contribution in [2.75, 3.05) is 0 Å². The number of aromatic amines is 1. The van der Waals surface area contributed by atoms with Gasteiger partial charge in [-0.05, 0) is 47.7 Å². The molecular formula is C25H21N7O5. The number of H-pyrrole nitrogens is 1. The Morgan fingerprint density at radius 2 is 1.86 bits per heavy atom. The van der Waals surface area contributed by atoms with Gasteiger partial charge in [-0.3, -0.25) is 23.9 Å². The minimum atomic E-state index is -0.629. The topological polar surface area (TPSA) is 186 Å². The van der Waals surface area contributed by atoms with Gasteiger partial charge >= 0.3 is 5.76 Å². The van der Waals surface area contributed by atoms with Crippen LogP contribution in [-0.2, 0) is 13.0 Å². The molecule has 1 aliphatic carbocycles. The van der Waals surface area contributed by atoms with Crippen molar-refractivity contribution < 1.29 is 18.9 Å². The molecule has 0 aliphatic heterocycles. The molecule has 186 valence electrons. The van der Waals surface area contributed by atoms with Crippen molar-refractivity contribution in [1.82, 2.24) is 30.7 Å².